The summed E-state index contributed by atoms with van der Waals surface area (Å²) in [6.07, 6.45) is 5.63. The molecule has 0 aliphatic heterocycles. The highest BCUT2D eigenvalue weighted by Crippen LogP contribution is 2.65. The highest BCUT2D eigenvalue weighted by atomic mass is 79.9. The number of nitrogens with zero attached hydrogens (tertiary/aromatic N) is 2. The molecule has 4 heteroatoms. The lowest BCUT2D eigenvalue weighted by molar-refractivity contribution is -0.669. The monoisotopic (exact) mass is 280 g/mol. The maximum atomic E-state index is 11.3. The summed E-state index contributed by atoms with van der Waals surface area (Å²) < 4.78 is -0.0502. The fraction of sp³-hybridized carbons (Fsp3) is 0.500. The van der Waals surface area contributed by atoms with Crippen molar-refractivity contribution in [1.82, 2.24) is 5.10 Å². The third kappa shape index (κ3) is 1.03. The van der Waals surface area contributed by atoms with Crippen molar-refractivity contribution in [2.24, 2.45) is 0 Å². The van der Waals surface area contributed by atoms with Gasteiger partial charge in [0, 0.05) is 22.5 Å². The molecule has 1 fully saturated rings. The van der Waals surface area contributed by atoms with Crippen LogP contribution < -0.4 is 4.85 Å². The van der Waals surface area contributed by atoms with Gasteiger partial charge in [-0.3, -0.25) is 0 Å². The number of hydrogen-bond acceptors (Lipinski definition) is 2. The Kier molecular flexibility index (Phi) is 1.97. The van der Waals surface area contributed by atoms with Gasteiger partial charge < -0.3 is 5.21 Å². The van der Waals surface area contributed by atoms with Gasteiger partial charge in [0.25, 0.3) is 0 Å². The van der Waals surface area contributed by atoms with Crippen LogP contribution >= 0.6 is 15.9 Å². The third-order valence-corrected chi connectivity index (χ3v) is 5.84. The van der Waals surface area contributed by atoms with E-state index in [9.17, 15) is 5.21 Å². The summed E-state index contributed by atoms with van der Waals surface area (Å²) in [4.78, 5) is 0.658. The first-order chi connectivity index (χ1) is 7.55. The van der Waals surface area contributed by atoms with Crippen molar-refractivity contribution in [3.05, 3.63) is 40.9 Å². The zero-order valence-electron chi connectivity index (χ0n) is 9.11. The van der Waals surface area contributed by atoms with E-state index in [1.54, 1.807) is 12.4 Å². The molecule has 1 aromatic heterocycles. The Hall–Kier alpha value is -0.900. The van der Waals surface area contributed by atoms with Crippen LogP contribution in [0.2, 0.25) is 0 Å². The van der Waals surface area contributed by atoms with Crippen molar-refractivity contribution in [2.75, 3.05) is 0 Å². The fourth-order valence-corrected chi connectivity index (χ4v) is 4.31. The second-order valence-electron chi connectivity index (χ2n) is 4.82. The highest BCUT2D eigenvalue weighted by Gasteiger charge is 2.57. The lowest BCUT2D eigenvalue weighted by Crippen LogP contribution is -2.31. The van der Waals surface area contributed by atoms with Crippen LogP contribution in [0, 0.1) is 5.21 Å². The van der Waals surface area contributed by atoms with Crippen molar-refractivity contribution >= 4 is 15.9 Å². The molecule has 2 aliphatic carbocycles. The van der Waals surface area contributed by atoms with E-state index in [1.165, 1.54) is 5.56 Å². The Morgan fingerprint density at radius 3 is 2.81 bits per heavy atom. The molecule has 1 saturated carbocycles. The van der Waals surface area contributed by atoms with Gasteiger partial charge in [0.15, 0.2) is 0 Å². The van der Waals surface area contributed by atoms with E-state index in [1.807, 2.05) is 0 Å². The first kappa shape index (κ1) is 10.3. The highest BCUT2D eigenvalue weighted by molar-refractivity contribution is 9.10. The Morgan fingerprint density at radius 1 is 1.56 bits per heavy atom. The molecule has 2 bridgehead atoms. The minimum Gasteiger partial charge on any atom is -0.594 e. The quantitative estimate of drug-likeness (QED) is 0.343. The molecule has 0 radical (unpaired) electrons. The van der Waals surface area contributed by atoms with E-state index in [-0.39, 0.29) is 4.32 Å². The van der Waals surface area contributed by atoms with E-state index in [2.05, 4.69) is 34.5 Å². The topological polar surface area (TPSA) is 39.8 Å². The summed E-state index contributed by atoms with van der Waals surface area (Å²) in [7, 11) is 0. The van der Waals surface area contributed by atoms with Gasteiger partial charge in [0.05, 0.1) is 10.5 Å². The zero-order chi connectivity index (χ0) is 11.5. The Balaban J connectivity index is 2.20. The predicted molar refractivity (Wildman–Crippen MR) is 64.4 cm³/mol. The number of aromatic nitrogens is 2. The Labute approximate surface area is 103 Å². The molecule has 3 nitrogen and oxygen atoms in total. The normalized spacial score (nSPS) is 35.1. The molecule has 0 N–H and O–H groups in total. The molecule has 2 aliphatic rings. The summed E-state index contributed by atoms with van der Waals surface area (Å²) in [5.41, 5.74) is 3.53. The van der Waals surface area contributed by atoms with Crippen LogP contribution in [0.15, 0.2) is 24.5 Å². The van der Waals surface area contributed by atoms with Gasteiger partial charge >= 0.3 is 0 Å². The second-order valence-corrected chi connectivity index (χ2v) is 6.13. The number of allylic oxidation sites excluding steroid dienone is 1. The lowest BCUT2D eigenvalue weighted by atomic mass is 9.89. The SMILES string of the molecule is C=C(C)[C@@]1(Br)[C@@H]2CC[C@H]1c1cn[n+]([O-])cc12. The smallest absolute Gasteiger partial charge is 0.213 e. The molecule has 16 heavy (non-hydrogen) atoms. The summed E-state index contributed by atoms with van der Waals surface area (Å²) in [5, 5.41) is 15.1. The largest absolute Gasteiger partial charge is 0.594 e. The third-order valence-electron chi connectivity index (χ3n) is 4.06. The van der Waals surface area contributed by atoms with E-state index in [4.69, 9.17) is 0 Å². The number of alkyl halides is 1. The van der Waals surface area contributed by atoms with Gasteiger partial charge in [-0.1, -0.05) is 32.9 Å². The molecule has 3 rings (SSSR count). The van der Waals surface area contributed by atoms with Gasteiger partial charge in [0.1, 0.15) is 0 Å². The van der Waals surface area contributed by atoms with Crippen LogP contribution in [-0.4, -0.2) is 9.42 Å². The van der Waals surface area contributed by atoms with E-state index < -0.39 is 0 Å². The predicted octanol–water partition coefficient (Wildman–Crippen LogP) is 2.40. The van der Waals surface area contributed by atoms with Crippen LogP contribution in [0.5, 0.6) is 0 Å². The molecule has 1 aromatic rings. The lowest BCUT2D eigenvalue weighted by Gasteiger charge is -2.28. The molecule has 3 atom stereocenters. The summed E-state index contributed by atoms with van der Waals surface area (Å²) in [6.45, 7) is 6.16. The van der Waals surface area contributed by atoms with E-state index in [0.29, 0.717) is 16.7 Å². The number of halogens is 1. The average Bonchev–Trinajstić information content (AvgIpc) is 2.69. The molecule has 84 valence electrons. The molecule has 0 spiro atoms. The Morgan fingerprint density at radius 2 is 2.19 bits per heavy atom. The van der Waals surface area contributed by atoms with Crippen LogP contribution in [0.1, 0.15) is 42.7 Å². The Bertz CT molecular complexity index is 488. The van der Waals surface area contributed by atoms with Crippen LogP contribution in [0.3, 0.4) is 0 Å². The van der Waals surface area contributed by atoms with Crippen molar-refractivity contribution in [3.63, 3.8) is 0 Å². The first-order valence-electron chi connectivity index (χ1n) is 5.49. The number of hydrogen-bond donors (Lipinski definition) is 0. The van der Waals surface area contributed by atoms with Gasteiger partial charge in [-0.05, 0) is 25.3 Å². The molecule has 0 aromatic carbocycles. The minimum absolute atomic E-state index is 0.0502. The van der Waals surface area contributed by atoms with Gasteiger partial charge in [0.2, 0.25) is 6.20 Å². The van der Waals surface area contributed by atoms with Crippen LogP contribution in [0.25, 0.3) is 0 Å². The van der Waals surface area contributed by atoms with Gasteiger partial charge in [-0.2, -0.15) is 0 Å². The van der Waals surface area contributed by atoms with E-state index in [0.717, 1.165) is 24.0 Å². The van der Waals surface area contributed by atoms with Crippen molar-refractivity contribution in [3.8, 4) is 0 Å². The maximum absolute atomic E-state index is 11.3. The second kappa shape index (κ2) is 3.06. The average molecular weight is 281 g/mol. The van der Waals surface area contributed by atoms with Gasteiger partial charge in [-0.25, -0.2) is 0 Å². The summed E-state index contributed by atoms with van der Waals surface area (Å²) >= 11 is 3.87. The van der Waals surface area contributed by atoms with Crippen molar-refractivity contribution in [2.45, 2.75) is 35.9 Å². The minimum atomic E-state index is -0.0502. The van der Waals surface area contributed by atoms with Crippen LogP contribution in [-0.2, 0) is 0 Å². The summed E-state index contributed by atoms with van der Waals surface area (Å²) in [6, 6.07) is 0. The molecule has 0 unspecified atom stereocenters. The zero-order valence-corrected chi connectivity index (χ0v) is 10.7. The van der Waals surface area contributed by atoms with Crippen LogP contribution in [0.4, 0.5) is 0 Å². The fourth-order valence-electron chi connectivity index (χ4n) is 3.36. The molecular weight excluding hydrogens is 268 g/mol. The molecule has 0 saturated heterocycles. The number of rotatable bonds is 1. The first-order valence-corrected chi connectivity index (χ1v) is 6.28. The number of fused-ring (bicyclic) bond motifs is 5. The van der Waals surface area contributed by atoms with Crippen molar-refractivity contribution in [1.29, 1.82) is 0 Å². The maximum Gasteiger partial charge on any atom is 0.213 e. The molecular formula is C12H13BrN2O. The standard InChI is InChI=1S/C12H13BrN2O/c1-7(2)12(13)10-3-4-11(12)9-6-15(16)14-5-8(9)10/h5-6,10-11H,1,3-4H2,2H3/t10-,11+,12-/m0/s1. The van der Waals surface area contributed by atoms with Crippen molar-refractivity contribution < 1.29 is 4.85 Å². The summed E-state index contributed by atoms with van der Waals surface area (Å²) in [5.74, 6) is 0.812. The van der Waals surface area contributed by atoms with E-state index >= 15 is 0 Å². The van der Waals surface area contributed by atoms with Gasteiger partial charge in [-0.15, -0.1) is 0 Å². The molecule has 0 amide bonds. The molecule has 1 heterocycles.